The second-order valence-electron chi connectivity index (χ2n) is 3.84. The number of Topliss-reactive ketones (excluding diaryl/α,β-unsaturated/α-hetero) is 1. The third-order valence-electron chi connectivity index (χ3n) is 2.47. The smallest absolute Gasteiger partial charge is 0.150 e. The largest absolute Gasteiger partial charge is 0.310 e. The minimum Gasteiger partial charge on any atom is -0.310 e. The molecule has 1 aliphatic heterocycles. The molecule has 2 atom stereocenters. The Hall–Kier alpha value is -0.370. The van der Waals surface area contributed by atoms with E-state index in [4.69, 9.17) is 0 Å². The van der Waals surface area contributed by atoms with Gasteiger partial charge >= 0.3 is 0 Å². The molecule has 1 heterocycles. The lowest BCUT2D eigenvalue weighted by atomic mass is 9.79. The van der Waals surface area contributed by atoms with Crippen molar-refractivity contribution >= 4 is 5.78 Å². The molecule has 0 amide bonds. The van der Waals surface area contributed by atoms with Gasteiger partial charge in [-0.2, -0.15) is 0 Å². The minimum absolute atomic E-state index is 0.288. The fourth-order valence-electron chi connectivity index (χ4n) is 2.01. The Labute approximate surface area is 68.4 Å². The molecule has 0 saturated carbocycles. The maximum absolute atomic E-state index is 11.4. The van der Waals surface area contributed by atoms with Crippen LogP contribution in [0.4, 0.5) is 0 Å². The van der Waals surface area contributed by atoms with E-state index in [0.717, 1.165) is 6.54 Å². The summed E-state index contributed by atoms with van der Waals surface area (Å²) in [4.78, 5) is 11.4. The van der Waals surface area contributed by atoms with Crippen molar-refractivity contribution in [3.63, 3.8) is 0 Å². The molecule has 2 unspecified atom stereocenters. The molecule has 2 heteroatoms. The average molecular weight is 155 g/mol. The summed E-state index contributed by atoms with van der Waals surface area (Å²) in [7, 11) is 0. The molecule has 1 aliphatic rings. The van der Waals surface area contributed by atoms with E-state index in [2.05, 4.69) is 26.1 Å². The third-order valence-corrected chi connectivity index (χ3v) is 2.47. The average Bonchev–Trinajstić information content (AvgIpc) is 1.85. The van der Waals surface area contributed by atoms with E-state index < -0.39 is 0 Å². The second kappa shape index (κ2) is 3.35. The highest BCUT2D eigenvalue weighted by Gasteiger charge is 2.30. The van der Waals surface area contributed by atoms with Gasteiger partial charge in [-0.1, -0.05) is 20.8 Å². The SMILES string of the molecule is CC(C)C1C(=O)CNCC1C. The van der Waals surface area contributed by atoms with E-state index >= 15 is 0 Å². The van der Waals surface area contributed by atoms with Gasteiger partial charge < -0.3 is 5.32 Å². The van der Waals surface area contributed by atoms with Crippen LogP contribution in [0.1, 0.15) is 20.8 Å². The quantitative estimate of drug-likeness (QED) is 0.613. The van der Waals surface area contributed by atoms with Crippen LogP contribution in [-0.4, -0.2) is 18.9 Å². The summed E-state index contributed by atoms with van der Waals surface area (Å²) in [5.74, 6) is 1.69. The standard InChI is InChI=1S/C9H17NO/c1-6(2)9-7(3)4-10-5-8(9)11/h6-7,9-10H,4-5H2,1-3H3. The molecule has 0 radical (unpaired) electrons. The molecular weight excluding hydrogens is 138 g/mol. The summed E-state index contributed by atoms with van der Waals surface area (Å²) in [5.41, 5.74) is 0. The summed E-state index contributed by atoms with van der Waals surface area (Å²) in [6.45, 7) is 7.98. The van der Waals surface area contributed by atoms with Crippen molar-refractivity contribution in [1.29, 1.82) is 0 Å². The lowest BCUT2D eigenvalue weighted by Crippen LogP contribution is -2.44. The molecule has 2 nitrogen and oxygen atoms in total. The van der Waals surface area contributed by atoms with Crippen molar-refractivity contribution in [1.82, 2.24) is 5.32 Å². The molecular formula is C9H17NO. The molecule has 64 valence electrons. The molecule has 0 aromatic rings. The van der Waals surface area contributed by atoms with Gasteiger partial charge in [0, 0.05) is 5.92 Å². The van der Waals surface area contributed by atoms with E-state index in [1.54, 1.807) is 0 Å². The Morgan fingerprint density at radius 3 is 2.55 bits per heavy atom. The van der Waals surface area contributed by atoms with Crippen molar-refractivity contribution in [2.75, 3.05) is 13.1 Å². The Balaban J connectivity index is 2.63. The van der Waals surface area contributed by atoms with Gasteiger partial charge in [0.15, 0.2) is 0 Å². The van der Waals surface area contributed by atoms with Gasteiger partial charge in [-0.05, 0) is 18.4 Å². The number of rotatable bonds is 1. The van der Waals surface area contributed by atoms with Crippen LogP contribution in [-0.2, 0) is 4.79 Å². The van der Waals surface area contributed by atoms with Crippen molar-refractivity contribution in [2.45, 2.75) is 20.8 Å². The normalized spacial score (nSPS) is 32.9. The number of hydrogen-bond acceptors (Lipinski definition) is 2. The van der Waals surface area contributed by atoms with E-state index in [1.165, 1.54) is 0 Å². The predicted octanol–water partition coefficient (Wildman–Crippen LogP) is 1.07. The van der Waals surface area contributed by atoms with Crippen LogP contribution >= 0.6 is 0 Å². The third kappa shape index (κ3) is 1.80. The highest BCUT2D eigenvalue weighted by molar-refractivity contribution is 5.84. The highest BCUT2D eigenvalue weighted by Crippen LogP contribution is 2.23. The first-order chi connectivity index (χ1) is 5.13. The first kappa shape index (κ1) is 8.72. The first-order valence-electron chi connectivity index (χ1n) is 4.36. The zero-order valence-corrected chi connectivity index (χ0v) is 7.55. The molecule has 0 aromatic carbocycles. The minimum atomic E-state index is 0.288. The summed E-state index contributed by atoms with van der Waals surface area (Å²) >= 11 is 0. The van der Waals surface area contributed by atoms with Crippen LogP contribution in [0.15, 0.2) is 0 Å². The van der Waals surface area contributed by atoms with Crippen LogP contribution < -0.4 is 5.32 Å². The summed E-state index contributed by atoms with van der Waals surface area (Å²) in [5, 5.41) is 3.12. The van der Waals surface area contributed by atoms with Gasteiger partial charge in [0.05, 0.1) is 6.54 Å². The molecule has 0 aliphatic carbocycles. The van der Waals surface area contributed by atoms with Crippen LogP contribution in [0.3, 0.4) is 0 Å². The zero-order chi connectivity index (χ0) is 8.43. The van der Waals surface area contributed by atoms with Crippen LogP contribution in [0.2, 0.25) is 0 Å². The van der Waals surface area contributed by atoms with Gasteiger partial charge in [0.1, 0.15) is 5.78 Å². The van der Waals surface area contributed by atoms with Crippen LogP contribution in [0.25, 0.3) is 0 Å². The molecule has 1 fully saturated rings. The number of nitrogens with one attached hydrogen (secondary N) is 1. The molecule has 0 spiro atoms. The Morgan fingerprint density at radius 2 is 2.18 bits per heavy atom. The lowest BCUT2D eigenvalue weighted by molar-refractivity contribution is -0.126. The van der Waals surface area contributed by atoms with Crippen molar-refractivity contribution in [3.05, 3.63) is 0 Å². The van der Waals surface area contributed by atoms with Gasteiger partial charge in [-0.25, -0.2) is 0 Å². The zero-order valence-electron chi connectivity index (χ0n) is 7.55. The van der Waals surface area contributed by atoms with E-state index in [-0.39, 0.29) is 5.92 Å². The first-order valence-corrected chi connectivity index (χ1v) is 4.36. The second-order valence-corrected chi connectivity index (χ2v) is 3.84. The molecule has 11 heavy (non-hydrogen) atoms. The van der Waals surface area contributed by atoms with Gasteiger partial charge in [-0.3, -0.25) is 4.79 Å². The maximum atomic E-state index is 11.4. The predicted molar refractivity (Wildman–Crippen MR) is 45.4 cm³/mol. The summed E-state index contributed by atoms with van der Waals surface area (Å²) in [6, 6.07) is 0. The lowest BCUT2D eigenvalue weighted by Gasteiger charge is -2.30. The van der Waals surface area contributed by atoms with Gasteiger partial charge in [0.25, 0.3) is 0 Å². The number of hydrogen-bond donors (Lipinski definition) is 1. The van der Waals surface area contributed by atoms with E-state index in [1.807, 2.05) is 0 Å². The Morgan fingerprint density at radius 1 is 1.55 bits per heavy atom. The number of carbonyl (C=O) groups excluding carboxylic acids is 1. The van der Waals surface area contributed by atoms with E-state index in [9.17, 15) is 4.79 Å². The fourth-order valence-corrected chi connectivity index (χ4v) is 2.01. The molecule has 1 N–H and O–H groups in total. The van der Waals surface area contributed by atoms with Crippen molar-refractivity contribution in [2.24, 2.45) is 17.8 Å². The molecule has 1 saturated heterocycles. The summed E-state index contributed by atoms with van der Waals surface area (Å²) < 4.78 is 0. The Kier molecular flexibility index (Phi) is 2.66. The maximum Gasteiger partial charge on any atom is 0.150 e. The van der Waals surface area contributed by atoms with Gasteiger partial charge in [0.2, 0.25) is 0 Å². The van der Waals surface area contributed by atoms with Crippen LogP contribution in [0, 0.1) is 17.8 Å². The molecule has 0 bridgehead atoms. The Bertz CT molecular complexity index is 154. The van der Waals surface area contributed by atoms with Crippen molar-refractivity contribution < 1.29 is 4.79 Å². The molecule has 0 aromatic heterocycles. The number of ketones is 1. The number of carbonyl (C=O) groups is 1. The number of piperidine rings is 1. The summed E-state index contributed by atoms with van der Waals surface area (Å²) in [6.07, 6.45) is 0. The van der Waals surface area contributed by atoms with Crippen LogP contribution in [0.5, 0.6) is 0 Å². The van der Waals surface area contributed by atoms with Crippen molar-refractivity contribution in [3.8, 4) is 0 Å². The topological polar surface area (TPSA) is 29.1 Å². The fraction of sp³-hybridized carbons (Fsp3) is 0.889. The monoisotopic (exact) mass is 155 g/mol. The van der Waals surface area contributed by atoms with E-state index in [0.29, 0.717) is 24.2 Å². The van der Waals surface area contributed by atoms with Gasteiger partial charge in [-0.15, -0.1) is 0 Å². The highest BCUT2D eigenvalue weighted by atomic mass is 16.1. The molecule has 1 rings (SSSR count).